The van der Waals surface area contributed by atoms with Gasteiger partial charge in [0.05, 0.1) is 0 Å². The Morgan fingerprint density at radius 2 is 1.50 bits per heavy atom. The Kier molecular flexibility index (Phi) is 2.90. The van der Waals surface area contributed by atoms with Gasteiger partial charge in [-0.2, -0.15) is 0 Å². The van der Waals surface area contributed by atoms with E-state index in [2.05, 4.69) is 0 Å². The van der Waals surface area contributed by atoms with Crippen molar-refractivity contribution in [3.63, 3.8) is 0 Å². The van der Waals surface area contributed by atoms with Gasteiger partial charge in [0.2, 0.25) is 0 Å². The summed E-state index contributed by atoms with van der Waals surface area (Å²) in [5.41, 5.74) is 1.77. The number of carbonyl (C=O) groups excluding carboxylic acids is 1. The van der Waals surface area contributed by atoms with Gasteiger partial charge in [0, 0.05) is 12.6 Å². The Labute approximate surface area is 118 Å². The van der Waals surface area contributed by atoms with E-state index >= 15 is 0 Å². The molecule has 0 saturated carbocycles. The molecule has 0 N–H and O–H groups in total. The molecule has 3 nitrogen and oxygen atoms in total. The molecule has 0 aromatic heterocycles. The molecule has 0 radical (unpaired) electrons. The molecule has 2 aromatic carbocycles. The Morgan fingerprint density at radius 3 is 2.10 bits per heavy atom. The van der Waals surface area contributed by atoms with Crippen LogP contribution in [0.3, 0.4) is 0 Å². The predicted molar refractivity (Wildman–Crippen MR) is 79.5 cm³/mol. The molecule has 1 unspecified atom stereocenters. The van der Waals surface area contributed by atoms with E-state index in [1.54, 1.807) is 11.9 Å². The second kappa shape index (κ2) is 4.60. The molecular formula is C17H16N2O. The zero-order valence-electron chi connectivity index (χ0n) is 11.6. The Balaban J connectivity index is 2.10. The van der Waals surface area contributed by atoms with E-state index in [-0.39, 0.29) is 5.91 Å². The molecule has 1 aliphatic rings. The van der Waals surface area contributed by atoms with E-state index in [0.29, 0.717) is 5.71 Å². The van der Waals surface area contributed by atoms with Crippen molar-refractivity contribution in [2.24, 2.45) is 4.99 Å². The number of nitrogens with zero attached hydrogens (tertiary/aromatic N) is 2. The summed E-state index contributed by atoms with van der Waals surface area (Å²) >= 11 is 0. The third-order valence-corrected chi connectivity index (χ3v) is 3.86. The molecule has 0 bridgehead atoms. The van der Waals surface area contributed by atoms with Crippen molar-refractivity contribution in [1.29, 1.82) is 0 Å². The molecule has 20 heavy (non-hydrogen) atoms. The zero-order chi connectivity index (χ0) is 14.2. The van der Waals surface area contributed by atoms with E-state index in [4.69, 9.17) is 4.99 Å². The first kappa shape index (κ1) is 12.6. The fourth-order valence-electron chi connectivity index (χ4n) is 2.49. The van der Waals surface area contributed by atoms with Gasteiger partial charge in [0.25, 0.3) is 5.91 Å². The average molecular weight is 264 g/mol. The van der Waals surface area contributed by atoms with Gasteiger partial charge < -0.3 is 4.90 Å². The van der Waals surface area contributed by atoms with Crippen LogP contribution >= 0.6 is 0 Å². The van der Waals surface area contributed by atoms with Crippen LogP contribution in [0.1, 0.15) is 18.1 Å². The number of amides is 1. The Hall–Kier alpha value is -2.42. The molecule has 2 aromatic rings. The first-order chi connectivity index (χ1) is 9.63. The molecule has 1 aliphatic heterocycles. The van der Waals surface area contributed by atoms with E-state index in [1.165, 1.54) is 0 Å². The van der Waals surface area contributed by atoms with Gasteiger partial charge in [-0.15, -0.1) is 0 Å². The first-order valence-corrected chi connectivity index (χ1v) is 6.62. The quantitative estimate of drug-likeness (QED) is 0.821. The lowest BCUT2D eigenvalue weighted by atomic mass is 10.0. The third-order valence-electron chi connectivity index (χ3n) is 3.86. The van der Waals surface area contributed by atoms with Gasteiger partial charge in [-0.3, -0.25) is 4.79 Å². The van der Waals surface area contributed by atoms with Gasteiger partial charge in [0.1, 0.15) is 5.71 Å². The minimum Gasteiger partial charge on any atom is -0.312 e. The summed E-state index contributed by atoms with van der Waals surface area (Å²) in [7, 11) is 1.80. The molecule has 0 fully saturated rings. The van der Waals surface area contributed by atoms with Crippen LogP contribution in [0.2, 0.25) is 0 Å². The fraction of sp³-hybridized carbons (Fsp3) is 0.176. The first-order valence-electron chi connectivity index (χ1n) is 6.62. The Morgan fingerprint density at radius 1 is 0.950 bits per heavy atom. The molecule has 1 atom stereocenters. The lowest BCUT2D eigenvalue weighted by Crippen LogP contribution is -2.39. The number of likely N-dealkylation sites (N-methyl/N-ethyl adjacent to an activating group) is 1. The molecule has 0 spiro atoms. The van der Waals surface area contributed by atoms with Crippen molar-refractivity contribution in [1.82, 2.24) is 4.90 Å². The number of hydrogen-bond acceptors (Lipinski definition) is 2. The minimum absolute atomic E-state index is 0.0393. The van der Waals surface area contributed by atoms with Crippen LogP contribution in [0, 0.1) is 0 Å². The lowest BCUT2D eigenvalue weighted by Gasteiger charge is -2.30. The Bertz CT molecular complexity index is 664. The number of hydrogen-bond donors (Lipinski definition) is 0. The molecule has 0 saturated heterocycles. The molecule has 0 aliphatic carbocycles. The second-order valence-electron chi connectivity index (χ2n) is 5.08. The van der Waals surface area contributed by atoms with Crippen molar-refractivity contribution in [3.8, 4) is 0 Å². The molecule has 1 amide bonds. The monoisotopic (exact) mass is 264 g/mol. The average Bonchev–Trinajstić information content (AvgIpc) is 2.75. The van der Waals surface area contributed by atoms with Crippen LogP contribution < -0.4 is 0 Å². The number of benzene rings is 2. The van der Waals surface area contributed by atoms with Gasteiger partial charge in [-0.25, -0.2) is 4.99 Å². The number of carbonyl (C=O) groups is 1. The third kappa shape index (κ3) is 1.83. The molecule has 100 valence electrons. The van der Waals surface area contributed by atoms with Gasteiger partial charge in [-0.05, 0) is 12.5 Å². The van der Waals surface area contributed by atoms with Crippen LogP contribution in [0.25, 0.3) is 0 Å². The summed E-state index contributed by atoms with van der Waals surface area (Å²) in [5.74, 6) is -0.0393. The highest BCUT2D eigenvalue weighted by Crippen LogP contribution is 2.34. The zero-order valence-corrected chi connectivity index (χ0v) is 11.6. The summed E-state index contributed by atoms with van der Waals surface area (Å²) in [6, 6.07) is 19.5. The summed E-state index contributed by atoms with van der Waals surface area (Å²) in [5, 5.41) is 0. The highest BCUT2D eigenvalue weighted by molar-refractivity contribution is 6.46. The summed E-state index contributed by atoms with van der Waals surface area (Å²) in [6.07, 6.45) is 0. The smallest absolute Gasteiger partial charge is 0.274 e. The van der Waals surface area contributed by atoms with Crippen LogP contribution in [0.4, 0.5) is 0 Å². The van der Waals surface area contributed by atoms with Crippen molar-refractivity contribution >= 4 is 11.6 Å². The minimum atomic E-state index is -0.635. The van der Waals surface area contributed by atoms with Crippen LogP contribution in [-0.4, -0.2) is 23.6 Å². The number of rotatable bonds is 2. The summed E-state index contributed by atoms with van der Waals surface area (Å²) < 4.78 is 0. The maximum Gasteiger partial charge on any atom is 0.274 e. The van der Waals surface area contributed by atoms with Gasteiger partial charge >= 0.3 is 0 Å². The molecule has 1 heterocycles. The SMILES string of the molecule is CN1C(=O)C(c2ccccc2)=NC1(C)c1ccccc1. The van der Waals surface area contributed by atoms with Crippen LogP contribution in [0.5, 0.6) is 0 Å². The fourth-order valence-corrected chi connectivity index (χ4v) is 2.49. The van der Waals surface area contributed by atoms with Gasteiger partial charge in [0.15, 0.2) is 5.66 Å². The number of aliphatic imine (C=N–C) groups is 1. The van der Waals surface area contributed by atoms with E-state index in [1.807, 2.05) is 67.6 Å². The van der Waals surface area contributed by atoms with Crippen LogP contribution in [-0.2, 0) is 10.5 Å². The maximum absolute atomic E-state index is 12.5. The molecule has 3 rings (SSSR count). The van der Waals surface area contributed by atoms with E-state index in [9.17, 15) is 4.79 Å². The predicted octanol–water partition coefficient (Wildman–Crippen LogP) is 2.82. The standard InChI is InChI=1S/C17H16N2O/c1-17(14-11-7-4-8-12-14)18-15(16(20)19(17)2)13-9-5-3-6-10-13/h3-12H,1-2H3. The normalized spacial score (nSPS) is 22.0. The molecule has 3 heteroatoms. The van der Waals surface area contributed by atoms with E-state index in [0.717, 1.165) is 11.1 Å². The van der Waals surface area contributed by atoms with Crippen molar-refractivity contribution in [2.45, 2.75) is 12.6 Å². The van der Waals surface area contributed by atoms with Crippen molar-refractivity contribution in [3.05, 3.63) is 71.8 Å². The van der Waals surface area contributed by atoms with Crippen LogP contribution in [0.15, 0.2) is 65.7 Å². The summed E-state index contributed by atoms with van der Waals surface area (Å²) in [4.78, 5) is 18.9. The molecular weight excluding hydrogens is 248 g/mol. The van der Waals surface area contributed by atoms with E-state index < -0.39 is 5.66 Å². The summed E-state index contributed by atoms with van der Waals surface area (Å²) in [6.45, 7) is 1.97. The largest absolute Gasteiger partial charge is 0.312 e. The highest BCUT2D eigenvalue weighted by Gasteiger charge is 2.42. The second-order valence-corrected chi connectivity index (χ2v) is 5.08. The maximum atomic E-state index is 12.5. The lowest BCUT2D eigenvalue weighted by molar-refractivity contribution is -0.125. The highest BCUT2D eigenvalue weighted by atomic mass is 16.2. The van der Waals surface area contributed by atoms with Crippen molar-refractivity contribution < 1.29 is 4.79 Å². The van der Waals surface area contributed by atoms with Gasteiger partial charge in [-0.1, -0.05) is 60.7 Å². The topological polar surface area (TPSA) is 32.7 Å². The van der Waals surface area contributed by atoms with Crippen molar-refractivity contribution in [2.75, 3.05) is 7.05 Å².